The van der Waals surface area contributed by atoms with Gasteiger partial charge in [-0.2, -0.15) is 0 Å². The van der Waals surface area contributed by atoms with Crippen molar-refractivity contribution in [1.29, 1.82) is 0 Å². The van der Waals surface area contributed by atoms with Crippen molar-refractivity contribution in [2.75, 3.05) is 0 Å². The van der Waals surface area contributed by atoms with Crippen LogP contribution in [0.25, 0.3) is 0 Å². The highest BCUT2D eigenvalue weighted by molar-refractivity contribution is 6.07. The van der Waals surface area contributed by atoms with Crippen LogP contribution in [0.2, 0.25) is 0 Å². The van der Waals surface area contributed by atoms with Gasteiger partial charge in [0, 0.05) is 11.1 Å². The predicted octanol–water partition coefficient (Wildman–Crippen LogP) is 0.842. The van der Waals surface area contributed by atoms with Gasteiger partial charge in [-0.15, -0.1) is 10.2 Å². The molecule has 0 saturated heterocycles. The fraction of sp³-hybridized carbons (Fsp3) is 0.333. The molecule has 2 amide bonds. The lowest BCUT2D eigenvalue weighted by atomic mass is 10.1. The molecule has 10 heavy (non-hydrogen) atoms. The number of hydrogen-bond donors (Lipinski definition) is 0. The second kappa shape index (κ2) is 2.13. The molecular formula is C6H6N2O2. The first-order chi connectivity index (χ1) is 4.63. The van der Waals surface area contributed by atoms with Gasteiger partial charge in [0.25, 0.3) is 11.8 Å². The molecule has 0 spiro atoms. The van der Waals surface area contributed by atoms with Gasteiger partial charge in [0.15, 0.2) is 0 Å². The molecule has 1 aliphatic rings. The van der Waals surface area contributed by atoms with E-state index in [1.807, 2.05) is 0 Å². The zero-order chi connectivity index (χ0) is 7.72. The molecule has 0 aromatic rings. The van der Waals surface area contributed by atoms with E-state index in [-0.39, 0.29) is 0 Å². The van der Waals surface area contributed by atoms with Crippen LogP contribution >= 0.6 is 0 Å². The van der Waals surface area contributed by atoms with E-state index < -0.39 is 11.8 Å². The molecule has 0 unspecified atom stereocenters. The third-order valence-electron chi connectivity index (χ3n) is 1.44. The van der Waals surface area contributed by atoms with Crippen molar-refractivity contribution in [3.63, 3.8) is 0 Å². The molecule has 4 heteroatoms. The van der Waals surface area contributed by atoms with E-state index in [0.717, 1.165) is 0 Å². The summed E-state index contributed by atoms with van der Waals surface area (Å²) < 4.78 is 0. The van der Waals surface area contributed by atoms with Crippen molar-refractivity contribution in [3.8, 4) is 0 Å². The molecule has 0 fully saturated rings. The first-order valence-electron chi connectivity index (χ1n) is 2.81. The molecule has 0 atom stereocenters. The zero-order valence-electron chi connectivity index (χ0n) is 5.71. The summed E-state index contributed by atoms with van der Waals surface area (Å²) in [5.41, 5.74) is 0.778. The molecular weight excluding hydrogens is 132 g/mol. The monoisotopic (exact) mass is 138 g/mol. The van der Waals surface area contributed by atoms with Crippen LogP contribution in [0.3, 0.4) is 0 Å². The van der Waals surface area contributed by atoms with Crippen molar-refractivity contribution in [1.82, 2.24) is 0 Å². The van der Waals surface area contributed by atoms with Crippen molar-refractivity contribution >= 4 is 11.8 Å². The van der Waals surface area contributed by atoms with Crippen molar-refractivity contribution < 1.29 is 9.59 Å². The largest absolute Gasteiger partial charge is 0.291 e. The van der Waals surface area contributed by atoms with Crippen LogP contribution in [0.1, 0.15) is 13.8 Å². The summed E-state index contributed by atoms with van der Waals surface area (Å²) in [4.78, 5) is 21.4. The number of hydrogen-bond acceptors (Lipinski definition) is 2. The van der Waals surface area contributed by atoms with Gasteiger partial charge in [-0.05, 0) is 13.8 Å². The zero-order valence-corrected chi connectivity index (χ0v) is 5.71. The van der Waals surface area contributed by atoms with E-state index >= 15 is 0 Å². The van der Waals surface area contributed by atoms with Crippen LogP contribution in [0.5, 0.6) is 0 Å². The summed E-state index contributed by atoms with van der Waals surface area (Å²) in [6.45, 7) is 3.13. The van der Waals surface area contributed by atoms with Gasteiger partial charge in [0.05, 0.1) is 0 Å². The maximum Gasteiger partial charge on any atom is 0.291 e. The van der Waals surface area contributed by atoms with E-state index in [4.69, 9.17) is 0 Å². The third-order valence-corrected chi connectivity index (χ3v) is 1.44. The standard InChI is InChI=1S/C6H6N2O2/c1-3-4(2)6(10)8-7-5(3)9/h1-2H3. The fourth-order valence-corrected chi connectivity index (χ4v) is 0.562. The molecule has 0 N–H and O–H groups in total. The topological polar surface area (TPSA) is 58.9 Å². The molecule has 1 heterocycles. The maximum atomic E-state index is 10.7. The second-order valence-electron chi connectivity index (χ2n) is 2.06. The van der Waals surface area contributed by atoms with Crippen LogP contribution in [0.4, 0.5) is 0 Å². The molecule has 4 nitrogen and oxygen atoms in total. The van der Waals surface area contributed by atoms with Gasteiger partial charge in [0.1, 0.15) is 0 Å². The highest BCUT2D eigenvalue weighted by Gasteiger charge is 2.17. The van der Waals surface area contributed by atoms with Crippen LogP contribution in [-0.2, 0) is 9.59 Å². The minimum atomic E-state index is -0.419. The average Bonchev–Trinajstić information content (AvgIpc) is 1.93. The number of azo groups is 1. The normalized spacial score (nSPS) is 18.6. The summed E-state index contributed by atoms with van der Waals surface area (Å²) >= 11 is 0. The highest BCUT2D eigenvalue weighted by Crippen LogP contribution is 2.12. The Bertz CT molecular complexity index is 237. The van der Waals surface area contributed by atoms with E-state index in [0.29, 0.717) is 11.1 Å². The molecule has 0 saturated carbocycles. The van der Waals surface area contributed by atoms with E-state index in [2.05, 4.69) is 10.2 Å². The summed E-state index contributed by atoms with van der Waals surface area (Å²) in [5, 5.41) is 6.24. The molecule has 0 bridgehead atoms. The number of carbonyl (C=O) groups excluding carboxylic acids is 2. The van der Waals surface area contributed by atoms with Crippen LogP contribution in [0, 0.1) is 0 Å². The molecule has 1 rings (SSSR count). The van der Waals surface area contributed by atoms with Gasteiger partial charge in [-0.1, -0.05) is 0 Å². The number of amides is 2. The molecule has 0 aliphatic carbocycles. The van der Waals surface area contributed by atoms with E-state index in [9.17, 15) is 9.59 Å². The molecule has 52 valence electrons. The summed E-state index contributed by atoms with van der Waals surface area (Å²) in [6, 6.07) is 0. The Labute approximate surface area is 57.6 Å². The number of nitrogens with zero attached hydrogens (tertiary/aromatic N) is 2. The van der Waals surface area contributed by atoms with Gasteiger partial charge in [-0.25, -0.2) is 0 Å². The first-order valence-corrected chi connectivity index (χ1v) is 2.81. The first kappa shape index (κ1) is 6.80. The lowest BCUT2D eigenvalue weighted by Gasteiger charge is -2.02. The second-order valence-corrected chi connectivity index (χ2v) is 2.06. The van der Waals surface area contributed by atoms with Crippen molar-refractivity contribution in [2.45, 2.75) is 13.8 Å². The fourth-order valence-electron chi connectivity index (χ4n) is 0.562. The Morgan fingerprint density at radius 3 is 1.50 bits per heavy atom. The minimum absolute atomic E-state index is 0.389. The Morgan fingerprint density at radius 1 is 0.900 bits per heavy atom. The maximum absolute atomic E-state index is 10.7. The lowest BCUT2D eigenvalue weighted by molar-refractivity contribution is -0.120. The molecule has 0 aromatic carbocycles. The summed E-state index contributed by atoms with van der Waals surface area (Å²) in [7, 11) is 0. The van der Waals surface area contributed by atoms with Crippen LogP contribution in [0.15, 0.2) is 21.4 Å². The highest BCUT2D eigenvalue weighted by atomic mass is 16.2. The van der Waals surface area contributed by atoms with Crippen molar-refractivity contribution in [2.24, 2.45) is 10.2 Å². The molecule has 0 aromatic heterocycles. The quantitative estimate of drug-likeness (QED) is 0.498. The minimum Gasteiger partial charge on any atom is -0.265 e. The summed E-state index contributed by atoms with van der Waals surface area (Å²) in [6.07, 6.45) is 0. The summed E-state index contributed by atoms with van der Waals surface area (Å²) in [5.74, 6) is -0.839. The van der Waals surface area contributed by atoms with E-state index in [1.54, 1.807) is 13.8 Å². The van der Waals surface area contributed by atoms with Gasteiger partial charge < -0.3 is 0 Å². The van der Waals surface area contributed by atoms with Gasteiger partial charge in [-0.3, -0.25) is 9.59 Å². The molecule has 1 aliphatic heterocycles. The number of carbonyl (C=O) groups is 2. The predicted molar refractivity (Wildman–Crippen MR) is 33.2 cm³/mol. The van der Waals surface area contributed by atoms with E-state index in [1.165, 1.54) is 0 Å². The Hall–Kier alpha value is -1.32. The van der Waals surface area contributed by atoms with Gasteiger partial charge >= 0.3 is 0 Å². The Morgan fingerprint density at radius 2 is 1.20 bits per heavy atom. The molecule has 0 radical (unpaired) electrons. The SMILES string of the molecule is CC1=C(C)C(=O)N=NC1=O. The van der Waals surface area contributed by atoms with Crippen LogP contribution < -0.4 is 0 Å². The smallest absolute Gasteiger partial charge is 0.265 e. The van der Waals surface area contributed by atoms with Crippen molar-refractivity contribution in [3.05, 3.63) is 11.1 Å². The Balaban J connectivity index is 3.12. The lowest BCUT2D eigenvalue weighted by Crippen LogP contribution is -2.09. The average molecular weight is 138 g/mol. The van der Waals surface area contributed by atoms with Gasteiger partial charge in [0.2, 0.25) is 0 Å². The van der Waals surface area contributed by atoms with Crippen LogP contribution in [-0.4, -0.2) is 11.8 Å². The third kappa shape index (κ3) is 0.877. The Kier molecular flexibility index (Phi) is 1.45. The number of rotatable bonds is 0.